The second-order valence-corrected chi connectivity index (χ2v) is 3.99. The highest BCUT2D eigenvalue weighted by Crippen LogP contribution is 2.22. The zero-order valence-corrected chi connectivity index (χ0v) is 9.71. The summed E-state index contributed by atoms with van der Waals surface area (Å²) >= 11 is 0. The molecule has 0 aromatic rings. The molecule has 88 valence electrons. The summed E-state index contributed by atoms with van der Waals surface area (Å²) < 4.78 is 5.42. The first kappa shape index (κ1) is 12.5. The molecule has 0 aromatic heterocycles. The second kappa shape index (κ2) is 6.80. The van der Waals surface area contributed by atoms with Gasteiger partial charge in [-0.15, -0.1) is 0 Å². The van der Waals surface area contributed by atoms with E-state index in [1.807, 2.05) is 6.92 Å². The third-order valence-corrected chi connectivity index (χ3v) is 2.57. The van der Waals surface area contributed by atoms with Gasteiger partial charge in [0.1, 0.15) is 0 Å². The lowest BCUT2D eigenvalue weighted by Crippen LogP contribution is -2.49. The summed E-state index contributed by atoms with van der Waals surface area (Å²) in [6.45, 7) is 6.19. The molecule has 1 aliphatic rings. The fourth-order valence-electron chi connectivity index (χ4n) is 1.71. The molecular formula is C11H22N2O2. The maximum atomic E-state index is 11.4. The van der Waals surface area contributed by atoms with Crippen molar-refractivity contribution in [3.63, 3.8) is 0 Å². The lowest BCUT2D eigenvalue weighted by Gasteiger charge is -2.35. The Kier molecular flexibility index (Phi) is 5.65. The molecule has 0 saturated heterocycles. The van der Waals surface area contributed by atoms with Gasteiger partial charge < -0.3 is 15.4 Å². The number of nitrogens with one attached hydrogen (secondary N) is 2. The average molecular weight is 214 g/mol. The SMILES string of the molecule is CCCNCC(=O)NC1CC(OCC)C1. The smallest absolute Gasteiger partial charge is 0.234 e. The Hall–Kier alpha value is -0.610. The van der Waals surface area contributed by atoms with Crippen LogP contribution in [0.5, 0.6) is 0 Å². The average Bonchev–Trinajstić information content (AvgIpc) is 2.15. The molecule has 2 N–H and O–H groups in total. The summed E-state index contributed by atoms with van der Waals surface area (Å²) in [5, 5.41) is 6.06. The van der Waals surface area contributed by atoms with Gasteiger partial charge in [-0.3, -0.25) is 4.79 Å². The first-order valence-corrected chi connectivity index (χ1v) is 5.88. The van der Waals surface area contributed by atoms with Crippen LogP contribution in [-0.4, -0.2) is 37.7 Å². The highest BCUT2D eigenvalue weighted by atomic mass is 16.5. The third kappa shape index (κ3) is 4.62. The molecule has 1 aliphatic carbocycles. The van der Waals surface area contributed by atoms with Crippen molar-refractivity contribution in [1.29, 1.82) is 0 Å². The molecule has 0 bridgehead atoms. The van der Waals surface area contributed by atoms with Gasteiger partial charge in [0.25, 0.3) is 0 Å². The number of amides is 1. The van der Waals surface area contributed by atoms with Crippen LogP contribution in [0.3, 0.4) is 0 Å². The van der Waals surface area contributed by atoms with Crippen LogP contribution in [0.15, 0.2) is 0 Å². The largest absolute Gasteiger partial charge is 0.378 e. The van der Waals surface area contributed by atoms with E-state index >= 15 is 0 Å². The monoisotopic (exact) mass is 214 g/mol. The van der Waals surface area contributed by atoms with Gasteiger partial charge in [0.2, 0.25) is 5.91 Å². The molecule has 15 heavy (non-hydrogen) atoms. The Morgan fingerprint density at radius 2 is 2.13 bits per heavy atom. The van der Waals surface area contributed by atoms with E-state index in [0.717, 1.165) is 32.4 Å². The standard InChI is InChI=1S/C11H22N2O2/c1-3-5-12-8-11(14)13-9-6-10(7-9)15-4-2/h9-10,12H,3-8H2,1-2H3,(H,13,14). The van der Waals surface area contributed by atoms with Crippen molar-refractivity contribution in [1.82, 2.24) is 10.6 Å². The topological polar surface area (TPSA) is 50.4 Å². The van der Waals surface area contributed by atoms with E-state index in [2.05, 4.69) is 17.6 Å². The molecule has 0 aromatic carbocycles. The van der Waals surface area contributed by atoms with Crippen molar-refractivity contribution < 1.29 is 9.53 Å². The minimum atomic E-state index is 0.100. The van der Waals surface area contributed by atoms with E-state index < -0.39 is 0 Å². The summed E-state index contributed by atoms with van der Waals surface area (Å²) in [5.74, 6) is 0.100. The number of ether oxygens (including phenoxy) is 1. The van der Waals surface area contributed by atoms with Crippen LogP contribution in [0, 0.1) is 0 Å². The van der Waals surface area contributed by atoms with Crippen molar-refractivity contribution in [2.24, 2.45) is 0 Å². The van der Waals surface area contributed by atoms with E-state index in [0.29, 0.717) is 18.7 Å². The Labute approximate surface area is 91.8 Å². The molecule has 0 spiro atoms. The highest BCUT2D eigenvalue weighted by Gasteiger charge is 2.30. The van der Waals surface area contributed by atoms with Crippen LogP contribution < -0.4 is 10.6 Å². The molecular weight excluding hydrogens is 192 g/mol. The van der Waals surface area contributed by atoms with Gasteiger partial charge in [-0.1, -0.05) is 6.92 Å². The third-order valence-electron chi connectivity index (χ3n) is 2.57. The zero-order valence-electron chi connectivity index (χ0n) is 9.71. The number of hydrogen-bond donors (Lipinski definition) is 2. The molecule has 0 radical (unpaired) electrons. The molecule has 1 saturated carbocycles. The lowest BCUT2D eigenvalue weighted by atomic mass is 9.89. The van der Waals surface area contributed by atoms with Gasteiger partial charge in [-0.05, 0) is 32.7 Å². The first-order valence-electron chi connectivity index (χ1n) is 5.88. The number of carbonyl (C=O) groups excluding carboxylic acids is 1. The van der Waals surface area contributed by atoms with Crippen molar-refractivity contribution in [3.8, 4) is 0 Å². The van der Waals surface area contributed by atoms with Gasteiger partial charge >= 0.3 is 0 Å². The minimum Gasteiger partial charge on any atom is -0.378 e. The van der Waals surface area contributed by atoms with Crippen molar-refractivity contribution >= 4 is 5.91 Å². The summed E-state index contributed by atoms with van der Waals surface area (Å²) in [6.07, 6.45) is 3.35. The van der Waals surface area contributed by atoms with Crippen LogP contribution in [0.25, 0.3) is 0 Å². The van der Waals surface area contributed by atoms with Gasteiger partial charge in [-0.2, -0.15) is 0 Å². The van der Waals surface area contributed by atoms with E-state index in [4.69, 9.17) is 4.74 Å². The molecule has 0 unspecified atom stereocenters. The maximum absolute atomic E-state index is 11.4. The normalized spacial score (nSPS) is 24.7. The summed E-state index contributed by atoms with van der Waals surface area (Å²) in [5.41, 5.74) is 0. The number of hydrogen-bond acceptors (Lipinski definition) is 3. The highest BCUT2D eigenvalue weighted by molar-refractivity contribution is 5.78. The Morgan fingerprint density at radius 3 is 2.73 bits per heavy atom. The van der Waals surface area contributed by atoms with Crippen molar-refractivity contribution in [3.05, 3.63) is 0 Å². The molecule has 4 heteroatoms. The zero-order chi connectivity index (χ0) is 11.1. The van der Waals surface area contributed by atoms with Gasteiger partial charge in [0.05, 0.1) is 12.6 Å². The Morgan fingerprint density at radius 1 is 1.40 bits per heavy atom. The van der Waals surface area contributed by atoms with Crippen LogP contribution in [-0.2, 0) is 9.53 Å². The summed E-state index contributed by atoms with van der Waals surface area (Å²) in [7, 11) is 0. The Balaban J connectivity index is 1.98. The van der Waals surface area contributed by atoms with Crippen LogP contribution in [0.2, 0.25) is 0 Å². The van der Waals surface area contributed by atoms with Crippen LogP contribution in [0.1, 0.15) is 33.1 Å². The fraction of sp³-hybridized carbons (Fsp3) is 0.909. The quantitative estimate of drug-likeness (QED) is 0.612. The second-order valence-electron chi connectivity index (χ2n) is 3.99. The molecule has 0 atom stereocenters. The molecule has 0 aliphatic heterocycles. The van der Waals surface area contributed by atoms with Gasteiger partial charge in [-0.25, -0.2) is 0 Å². The first-order chi connectivity index (χ1) is 7.26. The Bertz CT molecular complexity index is 191. The molecule has 1 fully saturated rings. The number of rotatable bonds is 7. The van der Waals surface area contributed by atoms with E-state index in [-0.39, 0.29) is 5.91 Å². The lowest BCUT2D eigenvalue weighted by molar-refractivity contribution is -0.122. The van der Waals surface area contributed by atoms with Crippen molar-refractivity contribution in [2.45, 2.75) is 45.3 Å². The van der Waals surface area contributed by atoms with Crippen LogP contribution in [0.4, 0.5) is 0 Å². The predicted molar refractivity (Wildman–Crippen MR) is 59.7 cm³/mol. The van der Waals surface area contributed by atoms with Crippen LogP contribution >= 0.6 is 0 Å². The summed E-state index contributed by atoms with van der Waals surface area (Å²) in [6, 6.07) is 0.331. The minimum absolute atomic E-state index is 0.100. The van der Waals surface area contributed by atoms with E-state index in [9.17, 15) is 4.79 Å². The molecule has 1 amide bonds. The fourth-order valence-corrected chi connectivity index (χ4v) is 1.71. The molecule has 4 nitrogen and oxygen atoms in total. The van der Waals surface area contributed by atoms with Crippen molar-refractivity contribution in [2.75, 3.05) is 19.7 Å². The predicted octanol–water partition coefficient (Wildman–Crippen LogP) is 0.670. The summed E-state index contributed by atoms with van der Waals surface area (Å²) in [4.78, 5) is 11.4. The van der Waals surface area contributed by atoms with Gasteiger partial charge in [0.15, 0.2) is 0 Å². The van der Waals surface area contributed by atoms with Gasteiger partial charge in [0, 0.05) is 12.6 Å². The maximum Gasteiger partial charge on any atom is 0.234 e. The molecule has 1 rings (SSSR count). The number of carbonyl (C=O) groups is 1. The molecule has 0 heterocycles. The van der Waals surface area contributed by atoms with E-state index in [1.54, 1.807) is 0 Å². The van der Waals surface area contributed by atoms with E-state index in [1.165, 1.54) is 0 Å².